The van der Waals surface area contributed by atoms with E-state index in [1.165, 1.54) is 36.5 Å². The number of thioether (sulfide) groups is 1. The summed E-state index contributed by atoms with van der Waals surface area (Å²) in [5.74, 6) is 1.05. The number of ether oxygens (including phenoxy) is 1. The highest BCUT2D eigenvalue weighted by Gasteiger charge is 2.14. The molecule has 1 aromatic heterocycles. The Kier molecular flexibility index (Phi) is 7.00. The predicted molar refractivity (Wildman–Crippen MR) is 116 cm³/mol. The molecule has 0 aliphatic heterocycles. The molecule has 0 atom stereocenters. The summed E-state index contributed by atoms with van der Waals surface area (Å²) in [7, 11) is 1.53. The Hall–Kier alpha value is -2.71. The zero-order chi connectivity index (χ0) is 20.8. The minimum absolute atomic E-state index is 0.0614. The highest BCUT2D eigenvalue weighted by molar-refractivity contribution is 8.00. The van der Waals surface area contributed by atoms with Crippen LogP contribution in [-0.4, -0.2) is 29.0 Å². The van der Waals surface area contributed by atoms with Gasteiger partial charge in [-0.3, -0.25) is 9.59 Å². The number of nitrogens with zero attached hydrogens (tertiary/aromatic N) is 2. The first kappa shape index (κ1) is 21.0. The lowest BCUT2D eigenvalue weighted by atomic mass is 10.0. The molecule has 29 heavy (non-hydrogen) atoms. The molecular weight excluding hydrogens is 406 g/mol. The molecule has 0 unspecified atom stereocenters. The van der Waals surface area contributed by atoms with Gasteiger partial charge in [-0.1, -0.05) is 52.9 Å². The molecule has 0 aliphatic rings. The number of hydrogen-bond donors (Lipinski definition) is 1. The first-order valence-corrected chi connectivity index (χ1v) is 10.7. The number of aromatic nitrogens is 2. The molecule has 1 amide bonds. The summed E-state index contributed by atoms with van der Waals surface area (Å²) >= 11 is 2.91. The van der Waals surface area contributed by atoms with Gasteiger partial charge in [-0.25, -0.2) is 0 Å². The lowest BCUT2D eigenvalue weighted by Gasteiger charge is -2.09. The number of hydrogen-bond acceptors (Lipinski definition) is 7. The van der Waals surface area contributed by atoms with Crippen LogP contribution in [0.3, 0.4) is 0 Å². The zero-order valence-corrected chi connectivity index (χ0v) is 18.0. The molecule has 150 valence electrons. The maximum atomic E-state index is 12.4. The minimum atomic E-state index is -0.241. The summed E-state index contributed by atoms with van der Waals surface area (Å²) in [4.78, 5) is 24.0. The SMILES string of the molecule is COc1ccc(C(C)=O)cc1CC(=O)Nc1nnc(SCc2ccc(C)cc2)s1. The van der Waals surface area contributed by atoms with Crippen molar-refractivity contribution in [1.29, 1.82) is 0 Å². The molecule has 3 rings (SSSR count). The first-order valence-electron chi connectivity index (χ1n) is 8.94. The fourth-order valence-corrected chi connectivity index (χ4v) is 4.34. The van der Waals surface area contributed by atoms with Gasteiger partial charge >= 0.3 is 0 Å². The largest absolute Gasteiger partial charge is 0.496 e. The highest BCUT2D eigenvalue weighted by atomic mass is 32.2. The monoisotopic (exact) mass is 427 g/mol. The number of Topliss-reactive ketones (excluding diaryl/α,β-unsaturated/α-hetero) is 1. The van der Waals surface area contributed by atoms with E-state index >= 15 is 0 Å². The van der Waals surface area contributed by atoms with Crippen molar-refractivity contribution in [2.24, 2.45) is 0 Å². The molecule has 0 spiro atoms. The van der Waals surface area contributed by atoms with E-state index in [1.807, 2.05) is 0 Å². The molecule has 0 saturated carbocycles. The molecule has 0 bridgehead atoms. The van der Waals surface area contributed by atoms with Crippen molar-refractivity contribution < 1.29 is 14.3 Å². The summed E-state index contributed by atoms with van der Waals surface area (Å²) in [5, 5.41) is 11.4. The number of carbonyl (C=O) groups excluding carboxylic acids is 2. The minimum Gasteiger partial charge on any atom is -0.496 e. The fraction of sp³-hybridized carbons (Fsp3) is 0.238. The van der Waals surface area contributed by atoms with Crippen molar-refractivity contribution in [2.75, 3.05) is 12.4 Å². The molecule has 1 heterocycles. The van der Waals surface area contributed by atoms with Crippen LogP contribution in [0.15, 0.2) is 46.8 Å². The number of benzene rings is 2. The average Bonchev–Trinajstić information content (AvgIpc) is 3.14. The van der Waals surface area contributed by atoms with Crippen LogP contribution in [0.25, 0.3) is 0 Å². The topological polar surface area (TPSA) is 81.2 Å². The van der Waals surface area contributed by atoms with E-state index in [4.69, 9.17) is 4.74 Å². The number of methoxy groups -OCH3 is 1. The molecule has 2 aromatic carbocycles. The molecular formula is C21H21N3O3S2. The van der Waals surface area contributed by atoms with Gasteiger partial charge in [0.2, 0.25) is 11.0 Å². The van der Waals surface area contributed by atoms with Crippen LogP contribution in [0.1, 0.15) is 34.0 Å². The standard InChI is InChI=1S/C21H21N3O3S2/c1-13-4-6-15(7-5-13)12-28-21-24-23-20(29-21)22-19(26)11-17-10-16(14(2)25)8-9-18(17)27-3/h4-10H,11-12H2,1-3H3,(H,22,23,26). The normalized spacial score (nSPS) is 10.6. The zero-order valence-electron chi connectivity index (χ0n) is 16.4. The Morgan fingerprint density at radius 3 is 2.59 bits per heavy atom. The summed E-state index contributed by atoms with van der Waals surface area (Å²) in [5.41, 5.74) is 3.62. The third-order valence-electron chi connectivity index (χ3n) is 4.17. The Labute approximate surface area is 177 Å². The van der Waals surface area contributed by atoms with E-state index in [0.717, 1.165) is 10.1 Å². The van der Waals surface area contributed by atoms with Crippen molar-refractivity contribution in [3.05, 3.63) is 64.7 Å². The van der Waals surface area contributed by atoms with E-state index in [0.29, 0.717) is 22.0 Å². The third kappa shape index (κ3) is 5.88. The molecule has 0 radical (unpaired) electrons. The number of amides is 1. The van der Waals surface area contributed by atoms with E-state index in [-0.39, 0.29) is 18.1 Å². The van der Waals surface area contributed by atoms with Crippen molar-refractivity contribution in [2.45, 2.75) is 30.4 Å². The number of carbonyl (C=O) groups is 2. The van der Waals surface area contributed by atoms with Crippen LogP contribution in [0.5, 0.6) is 5.75 Å². The molecule has 1 N–H and O–H groups in total. The van der Waals surface area contributed by atoms with Gasteiger partial charge in [-0.2, -0.15) is 0 Å². The van der Waals surface area contributed by atoms with E-state index in [9.17, 15) is 9.59 Å². The maximum Gasteiger partial charge on any atom is 0.230 e. The van der Waals surface area contributed by atoms with Gasteiger partial charge in [-0.15, -0.1) is 10.2 Å². The van der Waals surface area contributed by atoms with Gasteiger partial charge in [0.05, 0.1) is 13.5 Å². The van der Waals surface area contributed by atoms with Gasteiger partial charge in [0.1, 0.15) is 5.75 Å². The van der Waals surface area contributed by atoms with E-state index in [1.54, 1.807) is 30.0 Å². The van der Waals surface area contributed by atoms with Crippen LogP contribution >= 0.6 is 23.1 Å². The van der Waals surface area contributed by atoms with Crippen LogP contribution in [0.4, 0.5) is 5.13 Å². The van der Waals surface area contributed by atoms with Crippen LogP contribution in [0.2, 0.25) is 0 Å². The van der Waals surface area contributed by atoms with Crippen molar-refractivity contribution in [3.8, 4) is 5.75 Å². The van der Waals surface area contributed by atoms with E-state index in [2.05, 4.69) is 46.7 Å². The average molecular weight is 428 g/mol. The third-order valence-corrected chi connectivity index (χ3v) is 6.22. The van der Waals surface area contributed by atoms with Crippen molar-refractivity contribution in [3.63, 3.8) is 0 Å². The first-order chi connectivity index (χ1) is 13.9. The van der Waals surface area contributed by atoms with Crippen molar-refractivity contribution in [1.82, 2.24) is 10.2 Å². The number of anilines is 1. The summed E-state index contributed by atoms with van der Waals surface area (Å²) in [6.45, 7) is 3.55. The number of rotatable bonds is 8. The summed E-state index contributed by atoms with van der Waals surface area (Å²) < 4.78 is 6.09. The van der Waals surface area contributed by atoms with E-state index < -0.39 is 0 Å². The van der Waals surface area contributed by atoms with Crippen LogP contribution < -0.4 is 10.1 Å². The fourth-order valence-electron chi connectivity index (χ4n) is 2.62. The predicted octanol–water partition coefficient (Wildman–Crippen LogP) is 4.53. The summed E-state index contributed by atoms with van der Waals surface area (Å²) in [6.07, 6.45) is 0.0791. The van der Waals surface area contributed by atoms with Gasteiger partial charge in [0.25, 0.3) is 0 Å². The maximum absolute atomic E-state index is 12.4. The second kappa shape index (κ2) is 9.67. The number of ketones is 1. The molecule has 8 heteroatoms. The van der Waals surface area contributed by atoms with Gasteiger partial charge in [-0.05, 0) is 37.6 Å². The van der Waals surface area contributed by atoms with Gasteiger partial charge in [0, 0.05) is 16.9 Å². The molecule has 0 aliphatic carbocycles. The number of nitrogens with one attached hydrogen (secondary N) is 1. The van der Waals surface area contributed by atoms with Crippen LogP contribution in [0, 0.1) is 6.92 Å². The Morgan fingerprint density at radius 1 is 1.14 bits per heavy atom. The number of aryl methyl sites for hydroxylation is 1. The lowest BCUT2D eigenvalue weighted by molar-refractivity contribution is -0.115. The van der Waals surface area contributed by atoms with Crippen molar-refractivity contribution >= 4 is 39.9 Å². The second-order valence-corrected chi connectivity index (χ2v) is 8.66. The highest BCUT2D eigenvalue weighted by Crippen LogP contribution is 2.29. The van der Waals surface area contributed by atoms with Gasteiger partial charge < -0.3 is 10.1 Å². The Bertz CT molecular complexity index is 1020. The lowest BCUT2D eigenvalue weighted by Crippen LogP contribution is -2.15. The summed E-state index contributed by atoms with van der Waals surface area (Å²) in [6, 6.07) is 13.4. The molecule has 3 aromatic rings. The van der Waals surface area contributed by atoms with Gasteiger partial charge in [0.15, 0.2) is 10.1 Å². The Balaban J connectivity index is 1.59. The second-order valence-electron chi connectivity index (χ2n) is 6.46. The Morgan fingerprint density at radius 2 is 1.90 bits per heavy atom. The quantitative estimate of drug-likeness (QED) is 0.323. The molecule has 0 saturated heterocycles. The molecule has 6 nitrogen and oxygen atoms in total. The smallest absolute Gasteiger partial charge is 0.230 e. The van der Waals surface area contributed by atoms with Crippen LogP contribution in [-0.2, 0) is 17.0 Å². The molecule has 0 fully saturated rings.